The molecule has 0 saturated carbocycles. The topological polar surface area (TPSA) is 26.3 Å². The van der Waals surface area contributed by atoms with Crippen LogP contribution >= 0.6 is 15.9 Å². The van der Waals surface area contributed by atoms with Crippen LogP contribution in [0.4, 0.5) is 0 Å². The minimum atomic E-state index is 0.444. The van der Waals surface area contributed by atoms with Gasteiger partial charge in [0.1, 0.15) is 5.75 Å². The van der Waals surface area contributed by atoms with Gasteiger partial charge in [0.15, 0.2) is 6.29 Å². The Hall–Kier alpha value is -1.61. The number of benzene rings is 2. The van der Waals surface area contributed by atoms with Crippen LogP contribution in [0, 0.1) is 0 Å². The Morgan fingerprint density at radius 2 is 2.11 bits per heavy atom. The number of carbonyl (C=O) groups excluding carboxylic acids is 1. The predicted octanol–water partition coefficient (Wildman–Crippen LogP) is 3.98. The SMILES string of the molecule is O=Cc1cc(Br)ccc1OCC1Cc2ccccc21. The molecule has 3 rings (SSSR count). The Morgan fingerprint density at radius 1 is 1.26 bits per heavy atom. The van der Waals surface area contributed by atoms with E-state index in [9.17, 15) is 4.79 Å². The highest BCUT2D eigenvalue weighted by molar-refractivity contribution is 9.10. The molecule has 0 fully saturated rings. The Kier molecular flexibility index (Phi) is 3.38. The Bertz CT molecular complexity index is 622. The van der Waals surface area contributed by atoms with E-state index >= 15 is 0 Å². The number of ether oxygens (including phenoxy) is 1. The van der Waals surface area contributed by atoms with E-state index in [1.807, 2.05) is 12.1 Å². The second-order valence-corrected chi connectivity index (χ2v) is 5.63. The molecule has 0 radical (unpaired) electrons. The third kappa shape index (κ3) is 2.43. The molecule has 96 valence electrons. The van der Waals surface area contributed by atoms with Crippen LogP contribution in [0.2, 0.25) is 0 Å². The minimum Gasteiger partial charge on any atom is -0.492 e. The van der Waals surface area contributed by atoms with Crippen LogP contribution in [-0.4, -0.2) is 12.9 Å². The normalized spacial score (nSPS) is 16.4. The van der Waals surface area contributed by atoms with Gasteiger partial charge in [-0.1, -0.05) is 40.2 Å². The average Bonchev–Trinajstić information content (AvgIpc) is 2.41. The van der Waals surface area contributed by atoms with Crippen molar-refractivity contribution in [2.75, 3.05) is 6.61 Å². The molecule has 0 amide bonds. The summed E-state index contributed by atoms with van der Waals surface area (Å²) in [5.74, 6) is 1.10. The lowest BCUT2D eigenvalue weighted by atomic mass is 9.78. The van der Waals surface area contributed by atoms with Crippen molar-refractivity contribution < 1.29 is 9.53 Å². The van der Waals surface area contributed by atoms with E-state index in [0.717, 1.165) is 17.2 Å². The van der Waals surface area contributed by atoms with Crippen molar-refractivity contribution in [1.29, 1.82) is 0 Å². The van der Waals surface area contributed by atoms with Gasteiger partial charge in [-0.15, -0.1) is 0 Å². The summed E-state index contributed by atoms with van der Waals surface area (Å²) in [6, 6.07) is 13.9. The zero-order valence-corrected chi connectivity index (χ0v) is 11.9. The van der Waals surface area contributed by atoms with Crippen molar-refractivity contribution in [3.63, 3.8) is 0 Å². The molecule has 0 heterocycles. The van der Waals surface area contributed by atoms with E-state index in [1.54, 1.807) is 6.07 Å². The van der Waals surface area contributed by atoms with Gasteiger partial charge < -0.3 is 4.74 Å². The number of aldehydes is 1. The van der Waals surface area contributed by atoms with Crippen LogP contribution in [-0.2, 0) is 6.42 Å². The van der Waals surface area contributed by atoms with E-state index in [1.165, 1.54) is 11.1 Å². The highest BCUT2D eigenvalue weighted by Crippen LogP contribution is 2.35. The summed E-state index contributed by atoms with van der Waals surface area (Å²) in [5, 5.41) is 0. The van der Waals surface area contributed by atoms with E-state index in [0.29, 0.717) is 23.8 Å². The summed E-state index contributed by atoms with van der Waals surface area (Å²) in [6.45, 7) is 0.624. The third-order valence-electron chi connectivity index (χ3n) is 3.50. The third-order valence-corrected chi connectivity index (χ3v) is 3.99. The van der Waals surface area contributed by atoms with E-state index < -0.39 is 0 Å². The van der Waals surface area contributed by atoms with Crippen molar-refractivity contribution >= 4 is 22.2 Å². The smallest absolute Gasteiger partial charge is 0.153 e. The first-order valence-electron chi connectivity index (χ1n) is 6.23. The Balaban J connectivity index is 1.70. The van der Waals surface area contributed by atoms with Gasteiger partial charge in [-0.25, -0.2) is 0 Å². The van der Waals surface area contributed by atoms with Crippen LogP contribution in [0.3, 0.4) is 0 Å². The number of halogens is 1. The first kappa shape index (κ1) is 12.4. The van der Waals surface area contributed by atoms with E-state index in [-0.39, 0.29) is 0 Å². The van der Waals surface area contributed by atoms with Gasteiger partial charge in [0, 0.05) is 10.4 Å². The molecular formula is C16H13BrO2. The molecule has 1 unspecified atom stereocenters. The van der Waals surface area contributed by atoms with Crippen LogP contribution in [0.5, 0.6) is 5.75 Å². The fourth-order valence-corrected chi connectivity index (χ4v) is 2.82. The molecule has 2 aromatic carbocycles. The van der Waals surface area contributed by atoms with Crippen molar-refractivity contribution in [2.24, 2.45) is 0 Å². The molecule has 2 nitrogen and oxygen atoms in total. The second kappa shape index (κ2) is 5.17. The number of carbonyl (C=O) groups is 1. The molecule has 1 aliphatic carbocycles. The quantitative estimate of drug-likeness (QED) is 0.797. The van der Waals surface area contributed by atoms with Gasteiger partial charge in [-0.3, -0.25) is 4.79 Å². The molecule has 2 aromatic rings. The van der Waals surface area contributed by atoms with Crippen LogP contribution in [0.1, 0.15) is 27.4 Å². The van der Waals surface area contributed by atoms with Crippen molar-refractivity contribution in [3.05, 3.63) is 63.6 Å². The zero-order chi connectivity index (χ0) is 13.2. The number of rotatable bonds is 4. The molecule has 3 heteroatoms. The standard InChI is InChI=1S/C16H13BrO2/c17-14-5-6-16(12(8-14)9-18)19-10-13-7-11-3-1-2-4-15(11)13/h1-6,8-9,13H,7,10H2. The van der Waals surface area contributed by atoms with Crippen molar-refractivity contribution in [1.82, 2.24) is 0 Å². The minimum absolute atomic E-state index is 0.444. The predicted molar refractivity (Wildman–Crippen MR) is 77.9 cm³/mol. The number of hydrogen-bond donors (Lipinski definition) is 0. The van der Waals surface area contributed by atoms with Gasteiger partial charge in [0.2, 0.25) is 0 Å². The summed E-state index contributed by atoms with van der Waals surface area (Å²) in [4.78, 5) is 11.0. The van der Waals surface area contributed by atoms with E-state index in [4.69, 9.17) is 4.74 Å². The van der Waals surface area contributed by atoms with E-state index in [2.05, 4.69) is 40.2 Å². The largest absolute Gasteiger partial charge is 0.492 e. The molecular weight excluding hydrogens is 304 g/mol. The highest BCUT2D eigenvalue weighted by Gasteiger charge is 2.26. The molecule has 0 spiro atoms. The molecule has 0 aliphatic heterocycles. The molecule has 0 saturated heterocycles. The summed E-state index contributed by atoms with van der Waals surface area (Å²) in [5.41, 5.74) is 3.36. The zero-order valence-electron chi connectivity index (χ0n) is 10.3. The fourth-order valence-electron chi connectivity index (χ4n) is 2.44. The maximum Gasteiger partial charge on any atom is 0.153 e. The summed E-state index contributed by atoms with van der Waals surface area (Å²) in [6.07, 6.45) is 1.89. The maximum atomic E-state index is 11.0. The summed E-state index contributed by atoms with van der Waals surface area (Å²) < 4.78 is 6.68. The average molecular weight is 317 g/mol. The molecule has 1 atom stereocenters. The van der Waals surface area contributed by atoms with Gasteiger partial charge in [-0.2, -0.15) is 0 Å². The molecule has 19 heavy (non-hydrogen) atoms. The fraction of sp³-hybridized carbons (Fsp3) is 0.188. The molecule has 0 bridgehead atoms. The lowest BCUT2D eigenvalue weighted by molar-refractivity contribution is 0.111. The summed E-state index contributed by atoms with van der Waals surface area (Å²) >= 11 is 3.35. The number of hydrogen-bond acceptors (Lipinski definition) is 2. The first-order chi connectivity index (χ1) is 9.28. The second-order valence-electron chi connectivity index (χ2n) is 4.71. The van der Waals surface area contributed by atoms with Gasteiger partial charge in [-0.05, 0) is 35.7 Å². The van der Waals surface area contributed by atoms with Crippen molar-refractivity contribution in [2.45, 2.75) is 12.3 Å². The molecule has 0 N–H and O–H groups in total. The molecule has 0 aromatic heterocycles. The van der Waals surface area contributed by atoms with Crippen LogP contribution in [0.25, 0.3) is 0 Å². The maximum absolute atomic E-state index is 11.0. The summed E-state index contributed by atoms with van der Waals surface area (Å²) in [7, 11) is 0. The van der Waals surface area contributed by atoms with Gasteiger partial charge in [0.05, 0.1) is 12.2 Å². The Morgan fingerprint density at radius 3 is 2.89 bits per heavy atom. The highest BCUT2D eigenvalue weighted by atomic mass is 79.9. The van der Waals surface area contributed by atoms with Crippen molar-refractivity contribution in [3.8, 4) is 5.75 Å². The molecule has 1 aliphatic rings. The Labute approximate surface area is 120 Å². The first-order valence-corrected chi connectivity index (χ1v) is 7.02. The monoisotopic (exact) mass is 316 g/mol. The van der Waals surface area contributed by atoms with Crippen LogP contribution in [0.15, 0.2) is 46.9 Å². The van der Waals surface area contributed by atoms with Crippen LogP contribution < -0.4 is 4.74 Å². The lowest BCUT2D eigenvalue weighted by Gasteiger charge is -2.30. The van der Waals surface area contributed by atoms with Gasteiger partial charge in [0.25, 0.3) is 0 Å². The lowest BCUT2D eigenvalue weighted by Crippen LogP contribution is -2.23. The van der Waals surface area contributed by atoms with Gasteiger partial charge >= 0.3 is 0 Å². The number of fused-ring (bicyclic) bond motifs is 1.